The Labute approximate surface area is 119 Å². The van der Waals surface area contributed by atoms with Gasteiger partial charge in [-0.25, -0.2) is 19.3 Å². The van der Waals surface area contributed by atoms with Gasteiger partial charge in [0.2, 0.25) is 0 Å². The molecule has 3 heterocycles. The lowest BCUT2D eigenvalue weighted by Gasteiger charge is -2.00. The highest BCUT2D eigenvalue weighted by Gasteiger charge is 2.15. The minimum Gasteiger partial charge on any atom is -0.379 e. The van der Waals surface area contributed by atoms with Gasteiger partial charge in [-0.05, 0) is 17.7 Å². The third-order valence-corrected chi connectivity index (χ3v) is 3.03. The van der Waals surface area contributed by atoms with Gasteiger partial charge >= 0.3 is 0 Å². The Hall–Kier alpha value is -3.03. The van der Waals surface area contributed by atoms with Gasteiger partial charge in [0.15, 0.2) is 11.7 Å². The second-order valence-electron chi connectivity index (χ2n) is 4.42. The van der Waals surface area contributed by atoms with Crippen LogP contribution in [0.2, 0.25) is 0 Å². The third-order valence-electron chi connectivity index (χ3n) is 3.03. The summed E-state index contributed by atoms with van der Waals surface area (Å²) in [5.74, 6) is 5.13. The number of rotatable bonds is 3. The summed E-state index contributed by atoms with van der Waals surface area (Å²) in [7, 11) is 0. The molecule has 0 saturated heterocycles. The normalized spacial score (nSPS) is 12.0. The van der Waals surface area contributed by atoms with Gasteiger partial charge < -0.3 is 11.6 Å². The highest BCUT2D eigenvalue weighted by atomic mass is 19.1. The van der Waals surface area contributed by atoms with Crippen LogP contribution in [0.4, 0.5) is 4.39 Å². The number of nitrogens with two attached hydrogens (primary N) is 2. The highest BCUT2D eigenvalue weighted by Crippen LogP contribution is 2.17. The number of nitrogens with zero attached hydrogens (tertiary/aromatic N) is 5. The number of hydrogen-bond acceptors (Lipinski definition) is 5. The van der Waals surface area contributed by atoms with E-state index in [2.05, 4.69) is 20.1 Å². The molecule has 0 bridgehead atoms. The van der Waals surface area contributed by atoms with Gasteiger partial charge in [0.1, 0.15) is 12.1 Å². The Bertz CT molecular complexity index is 810. The van der Waals surface area contributed by atoms with Crippen LogP contribution in [0.1, 0.15) is 17.1 Å². The standard InChI is InChI=1S/C13H12FN7/c14-9-1-2-11-10(3-8-4-17-7-18-5-8)19-13(12(15)20-16)21(11)6-9/h1-2,4-7H,3,16H2,(H2,15,20). The summed E-state index contributed by atoms with van der Waals surface area (Å²) in [5, 5.41) is 3.42. The van der Waals surface area contributed by atoms with Gasteiger partial charge in [0, 0.05) is 25.0 Å². The van der Waals surface area contributed by atoms with Crippen molar-refractivity contribution in [2.24, 2.45) is 16.7 Å². The van der Waals surface area contributed by atoms with Crippen LogP contribution in [-0.4, -0.2) is 25.2 Å². The van der Waals surface area contributed by atoms with Crippen LogP contribution >= 0.6 is 0 Å². The van der Waals surface area contributed by atoms with Crippen molar-refractivity contribution in [3.8, 4) is 0 Å². The van der Waals surface area contributed by atoms with Crippen molar-refractivity contribution in [1.29, 1.82) is 0 Å². The number of aromatic nitrogens is 4. The molecular formula is C13H12FN7. The second kappa shape index (κ2) is 5.16. The minimum atomic E-state index is -0.402. The SMILES string of the molecule is N/N=C(\N)c1nc(Cc2cncnc2)c2ccc(F)cn12. The molecule has 0 spiro atoms. The Balaban J connectivity index is 2.15. The molecule has 7 nitrogen and oxygen atoms in total. The largest absolute Gasteiger partial charge is 0.379 e. The number of hydrogen-bond donors (Lipinski definition) is 2. The molecule has 4 N–H and O–H groups in total. The number of fused-ring (bicyclic) bond motifs is 1. The molecule has 0 unspecified atom stereocenters. The summed E-state index contributed by atoms with van der Waals surface area (Å²) in [6.07, 6.45) is 6.63. The zero-order chi connectivity index (χ0) is 14.8. The van der Waals surface area contributed by atoms with Gasteiger partial charge in [-0.3, -0.25) is 4.40 Å². The lowest BCUT2D eigenvalue weighted by molar-refractivity contribution is 0.619. The van der Waals surface area contributed by atoms with Crippen molar-refractivity contribution in [2.75, 3.05) is 0 Å². The summed E-state index contributed by atoms with van der Waals surface area (Å²) in [6.45, 7) is 0. The number of amidine groups is 1. The first-order valence-corrected chi connectivity index (χ1v) is 6.13. The van der Waals surface area contributed by atoms with Gasteiger partial charge in [0.25, 0.3) is 0 Å². The van der Waals surface area contributed by atoms with E-state index in [1.165, 1.54) is 23.0 Å². The predicted molar refractivity (Wildman–Crippen MR) is 74.9 cm³/mol. The number of halogens is 1. The fourth-order valence-corrected chi connectivity index (χ4v) is 2.11. The fraction of sp³-hybridized carbons (Fsp3) is 0.0769. The van der Waals surface area contributed by atoms with Crippen molar-refractivity contribution < 1.29 is 4.39 Å². The van der Waals surface area contributed by atoms with Gasteiger partial charge in [-0.2, -0.15) is 5.10 Å². The Morgan fingerprint density at radius 3 is 2.76 bits per heavy atom. The number of pyridine rings is 1. The maximum Gasteiger partial charge on any atom is 0.186 e. The number of imidazole rings is 1. The molecular weight excluding hydrogens is 273 g/mol. The second-order valence-corrected chi connectivity index (χ2v) is 4.42. The molecule has 8 heteroatoms. The average Bonchev–Trinajstić information content (AvgIpc) is 2.85. The Kier molecular flexibility index (Phi) is 3.19. The van der Waals surface area contributed by atoms with E-state index < -0.39 is 5.82 Å². The summed E-state index contributed by atoms with van der Waals surface area (Å²) >= 11 is 0. The highest BCUT2D eigenvalue weighted by molar-refractivity contribution is 5.95. The van der Waals surface area contributed by atoms with E-state index in [0.29, 0.717) is 17.9 Å². The van der Waals surface area contributed by atoms with Crippen molar-refractivity contribution >= 4 is 11.4 Å². The van der Waals surface area contributed by atoms with Crippen LogP contribution in [0.5, 0.6) is 0 Å². The van der Waals surface area contributed by atoms with E-state index in [-0.39, 0.29) is 5.84 Å². The van der Waals surface area contributed by atoms with Crippen molar-refractivity contribution in [3.05, 3.63) is 59.9 Å². The maximum atomic E-state index is 13.4. The van der Waals surface area contributed by atoms with Gasteiger partial charge in [0.05, 0.1) is 11.2 Å². The fourth-order valence-electron chi connectivity index (χ4n) is 2.11. The Morgan fingerprint density at radius 1 is 1.29 bits per heavy atom. The summed E-state index contributed by atoms with van der Waals surface area (Å²) in [6, 6.07) is 3.00. The number of hydrazone groups is 1. The first kappa shape index (κ1) is 13.0. The van der Waals surface area contributed by atoms with E-state index in [1.807, 2.05) is 0 Å². The zero-order valence-corrected chi connectivity index (χ0v) is 10.9. The van der Waals surface area contributed by atoms with E-state index in [0.717, 1.165) is 11.1 Å². The molecule has 0 radical (unpaired) electrons. The van der Waals surface area contributed by atoms with Gasteiger partial charge in [-0.15, -0.1) is 0 Å². The third kappa shape index (κ3) is 2.38. The minimum absolute atomic E-state index is 0.0335. The Morgan fingerprint density at radius 2 is 2.05 bits per heavy atom. The molecule has 21 heavy (non-hydrogen) atoms. The maximum absolute atomic E-state index is 13.4. The molecule has 0 aliphatic heterocycles. The van der Waals surface area contributed by atoms with Gasteiger partial charge in [-0.1, -0.05) is 0 Å². The molecule has 0 aliphatic carbocycles. The van der Waals surface area contributed by atoms with Crippen molar-refractivity contribution in [2.45, 2.75) is 6.42 Å². The molecule has 3 aromatic rings. The summed E-state index contributed by atoms with van der Waals surface area (Å²) in [4.78, 5) is 12.3. The first-order valence-electron chi connectivity index (χ1n) is 6.13. The molecule has 0 aliphatic rings. The first-order chi connectivity index (χ1) is 10.2. The molecule has 106 valence electrons. The zero-order valence-electron chi connectivity index (χ0n) is 10.9. The van der Waals surface area contributed by atoms with E-state index >= 15 is 0 Å². The molecule has 0 saturated carbocycles. The van der Waals surface area contributed by atoms with Crippen LogP contribution in [0.15, 0.2) is 42.2 Å². The van der Waals surface area contributed by atoms with E-state index in [1.54, 1.807) is 18.5 Å². The summed E-state index contributed by atoms with van der Waals surface area (Å²) < 4.78 is 15.0. The van der Waals surface area contributed by atoms with Crippen molar-refractivity contribution in [1.82, 2.24) is 19.4 Å². The predicted octanol–water partition coefficient (Wildman–Crippen LogP) is 0.433. The molecule has 0 aromatic carbocycles. The molecule has 0 fully saturated rings. The van der Waals surface area contributed by atoms with Crippen molar-refractivity contribution in [3.63, 3.8) is 0 Å². The topological polar surface area (TPSA) is 107 Å². The van der Waals surface area contributed by atoms with E-state index in [9.17, 15) is 4.39 Å². The lowest BCUT2D eigenvalue weighted by Crippen LogP contribution is -2.19. The smallest absolute Gasteiger partial charge is 0.186 e. The molecule has 0 atom stereocenters. The van der Waals surface area contributed by atoms with E-state index in [4.69, 9.17) is 11.6 Å². The van der Waals surface area contributed by atoms with Crippen LogP contribution in [0, 0.1) is 5.82 Å². The quantitative estimate of drug-likeness (QED) is 0.314. The molecule has 0 amide bonds. The van der Waals surface area contributed by atoms with Crippen LogP contribution in [-0.2, 0) is 6.42 Å². The van der Waals surface area contributed by atoms with Crippen LogP contribution < -0.4 is 11.6 Å². The lowest BCUT2D eigenvalue weighted by atomic mass is 10.2. The summed E-state index contributed by atoms with van der Waals surface area (Å²) in [5.41, 5.74) is 8.04. The average molecular weight is 285 g/mol. The molecule has 3 rings (SSSR count). The monoisotopic (exact) mass is 285 g/mol. The van der Waals surface area contributed by atoms with Crippen LogP contribution in [0.3, 0.4) is 0 Å². The molecule has 3 aromatic heterocycles. The van der Waals surface area contributed by atoms with Crippen LogP contribution in [0.25, 0.3) is 5.52 Å².